The van der Waals surface area contributed by atoms with Gasteiger partial charge in [0.05, 0.1) is 43.9 Å². The van der Waals surface area contributed by atoms with E-state index >= 15 is 0 Å². The molecule has 38 heavy (non-hydrogen) atoms. The van der Waals surface area contributed by atoms with Crippen LogP contribution in [-0.4, -0.2) is 88.3 Å². The number of aliphatic hydroxyl groups excluding tert-OH is 1. The van der Waals surface area contributed by atoms with E-state index in [2.05, 4.69) is 29.8 Å². The second-order valence-electron chi connectivity index (χ2n) is 9.99. The van der Waals surface area contributed by atoms with Crippen LogP contribution in [0.25, 0.3) is 0 Å². The van der Waals surface area contributed by atoms with Crippen LogP contribution in [0, 0.1) is 5.41 Å². The quantitative estimate of drug-likeness (QED) is 0.425. The van der Waals surface area contributed by atoms with Gasteiger partial charge in [-0.2, -0.15) is 0 Å². The summed E-state index contributed by atoms with van der Waals surface area (Å²) in [7, 11) is -2.18. The van der Waals surface area contributed by atoms with Gasteiger partial charge in [-0.25, -0.2) is 18.4 Å². The predicted molar refractivity (Wildman–Crippen MR) is 144 cm³/mol. The van der Waals surface area contributed by atoms with Gasteiger partial charge in [0.2, 0.25) is 10.0 Å². The molecule has 2 aliphatic heterocycles. The molecular formula is C25H34N6O6S. The monoisotopic (exact) mass is 546 g/mol. The number of morpholine rings is 1. The first kappa shape index (κ1) is 26.4. The molecule has 3 N–H and O–H groups in total. The first-order chi connectivity index (χ1) is 18.3. The number of hydrogen-bond acceptors (Lipinski definition) is 10. The van der Waals surface area contributed by atoms with Gasteiger partial charge >= 0.3 is 0 Å². The van der Waals surface area contributed by atoms with E-state index in [1.54, 1.807) is 25.3 Å². The number of nitrogens with one attached hydrogen (secondary N) is 2. The van der Waals surface area contributed by atoms with Gasteiger partial charge in [-0.1, -0.05) is 0 Å². The van der Waals surface area contributed by atoms with Crippen molar-refractivity contribution in [2.75, 3.05) is 78.7 Å². The number of ether oxygens (including phenoxy) is 2. The molecule has 1 spiro atoms. The Balaban J connectivity index is 1.41. The molecule has 0 aromatic carbocycles. The molecule has 2 saturated heterocycles. The summed E-state index contributed by atoms with van der Waals surface area (Å²) in [6.45, 7) is 3.55. The first-order valence-electron chi connectivity index (χ1n) is 12.9. The maximum atomic E-state index is 13.5. The minimum Gasteiger partial charge on any atom is -0.493 e. The van der Waals surface area contributed by atoms with Gasteiger partial charge in [0.1, 0.15) is 11.6 Å². The van der Waals surface area contributed by atoms with Crippen LogP contribution in [-0.2, 0) is 14.8 Å². The first-order valence-corrected chi connectivity index (χ1v) is 14.5. The van der Waals surface area contributed by atoms with Crippen LogP contribution in [0.2, 0.25) is 0 Å². The fraction of sp³-hybridized carbons (Fsp3) is 0.560. The van der Waals surface area contributed by atoms with Crippen molar-refractivity contribution in [1.29, 1.82) is 0 Å². The Morgan fingerprint density at radius 1 is 1.11 bits per heavy atom. The van der Waals surface area contributed by atoms with E-state index in [4.69, 9.17) is 14.6 Å². The molecule has 1 saturated carbocycles. The van der Waals surface area contributed by atoms with Gasteiger partial charge in [0.15, 0.2) is 11.6 Å². The molecule has 3 fully saturated rings. The lowest BCUT2D eigenvalue weighted by Gasteiger charge is -2.35. The highest BCUT2D eigenvalue weighted by Crippen LogP contribution is 2.54. The number of nitrogens with zero attached hydrogens (tertiary/aromatic N) is 4. The van der Waals surface area contributed by atoms with Crippen LogP contribution in [0.15, 0.2) is 24.4 Å². The van der Waals surface area contributed by atoms with Crippen LogP contribution < -0.4 is 24.6 Å². The van der Waals surface area contributed by atoms with Crippen LogP contribution in [0.3, 0.4) is 0 Å². The molecule has 0 bridgehead atoms. The van der Waals surface area contributed by atoms with Gasteiger partial charge in [-0.3, -0.25) is 9.52 Å². The summed E-state index contributed by atoms with van der Waals surface area (Å²) in [6, 6.07) is 5.05. The molecule has 2 aromatic heterocycles. The Morgan fingerprint density at radius 3 is 2.50 bits per heavy atom. The third-order valence-electron chi connectivity index (χ3n) is 7.48. The van der Waals surface area contributed by atoms with E-state index < -0.39 is 28.3 Å². The molecule has 0 radical (unpaired) electrons. The Kier molecular flexibility index (Phi) is 7.59. The van der Waals surface area contributed by atoms with Gasteiger partial charge in [-0.05, 0) is 43.2 Å². The summed E-state index contributed by atoms with van der Waals surface area (Å²) in [5.74, 6) is 0.878. The number of hydrogen-bond donors (Lipinski definition) is 3. The van der Waals surface area contributed by atoms with E-state index in [0.717, 1.165) is 25.9 Å². The molecular weight excluding hydrogens is 512 g/mol. The molecule has 13 heteroatoms. The van der Waals surface area contributed by atoms with Crippen LogP contribution in [0.5, 0.6) is 5.75 Å². The van der Waals surface area contributed by atoms with E-state index in [0.29, 0.717) is 60.4 Å². The number of piperidine rings is 1. The number of pyridine rings is 2. The third kappa shape index (κ3) is 5.94. The van der Waals surface area contributed by atoms with E-state index in [1.807, 2.05) is 0 Å². The molecule has 1 amide bonds. The Hall–Kier alpha value is -3.16. The van der Waals surface area contributed by atoms with E-state index in [1.165, 1.54) is 19.0 Å². The highest BCUT2D eigenvalue weighted by Gasteiger charge is 2.44. The fourth-order valence-corrected chi connectivity index (χ4v) is 5.79. The van der Waals surface area contributed by atoms with Crippen molar-refractivity contribution in [3.8, 4) is 5.75 Å². The van der Waals surface area contributed by atoms with Crippen molar-refractivity contribution in [3.05, 3.63) is 30.0 Å². The molecule has 5 rings (SSSR count). The number of anilines is 4. The molecule has 206 valence electrons. The molecule has 0 atom stereocenters. The van der Waals surface area contributed by atoms with Crippen molar-refractivity contribution in [2.24, 2.45) is 5.41 Å². The summed E-state index contributed by atoms with van der Waals surface area (Å²) in [5, 5.41) is 11.9. The lowest BCUT2D eigenvalue weighted by Crippen LogP contribution is -2.37. The lowest BCUT2D eigenvalue weighted by atomic mass is 9.93. The summed E-state index contributed by atoms with van der Waals surface area (Å²) < 4.78 is 37.8. The highest BCUT2D eigenvalue weighted by atomic mass is 32.2. The second-order valence-corrected chi connectivity index (χ2v) is 11.8. The SMILES string of the molecule is COc1ccc(NC(=O)c2cnc(NS(=O)(=O)CCO)cc2N2CCC3(CC2)CC3)nc1N1CCOCC1. The number of aromatic nitrogens is 2. The number of sulfonamides is 1. The zero-order valence-corrected chi connectivity index (χ0v) is 22.3. The molecule has 12 nitrogen and oxygen atoms in total. The zero-order chi connectivity index (χ0) is 26.8. The van der Waals surface area contributed by atoms with Gasteiger partial charge < -0.3 is 29.7 Å². The molecule has 1 aliphatic carbocycles. The topological polar surface area (TPSA) is 146 Å². The lowest BCUT2D eigenvalue weighted by molar-refractivity contribution is 0.102. The Morgan fingerprint density at radius 2 is 1.84 bits per heavy atom. The van der Waals surface area contributed by atoms with Gasteiger partial charge in [0.25, 0.3) is 5.91 Å². The summed E-state index contributed by atoms with van der Waals surface area (Å²) >= 11 is 0. The number of methoxy groups -OCH3 is 1. The van der Waals surface area contributed by atoms with Crippen molar-refractivity contribution < 1.29 is 27.8 Å². The molecule has 3 aliphatic rings. The summed E-state index contributed by atoms with van der Waals surface area (Å²) in [6.07, 6.45) is 5.93. The zero-order valence-electron chi connectivity index (χ0n) is 21.5. The summed E-state index contributed by atoms with van der Waals surface area (Å²) in [5.41, 5.74) is 1.37. The standard InChI is InChI=1S/C25H34N6O6S/c1-36-20-2-3-21(27-23(20)31-10-13-37-14-11-31)28-24(33)18-17-26-22(29-38(34,35)15-12-32)16-19(18)30-8-6-25(4-5-25)7-9-30/h2-3,16-17,32H,4-15H2,1H3,(H,26,29)(H,27,28,33). The summed E-state index contributed by atoms with van der Waals surface area (Å²) in [4.78, 5) is 26.5. The van der Waals surface area contributed by atoms with Crippen LogP contribution in [0.1, 0.15) is 36.0 Å². The van der Waals surface area contributed by atoms with Gasteiger partial charge in [-0.15, -0.1) is 0 Å². The smallest absolute Gasteiger partial charge is 0.260 e. The van der Waals surface area contributed by atoms with Crippen molar-refractivity contribution in [1.82, 2.24) is 9.97 Å². The number of aliphatic hydroxyl groups is 1. The number of rotatable bonds is 9. The van der Waals surface area contributed by atoms with Crippen LogP contribution >= 0.6 is 0 Å². The minimum absolute atomic E-state index is 0.105. The minimum atomic E-state index is -3.76. The largest absolute Gasteiger partial charge is 0.493 e. The Labute approximate surface area is 222 Å². The third-order valence-corrected chi connectivity index (χ3v) is 8.72. The molecule has 4 heterocycles. The van der Waals surface area contributed by atoms with Crippen molar-refractivity contribution in [3.63, 3.8) is 0 Å². The van der Waals surface area contributed by atoms with E-state index in [-0.39, 0.29) is 5.82 Å². The number of amides is 1. The maximum absolute atomic E-state index is 13.5. The Bertz CT molecular complexity index is 1270. The average Bonchev–Trinajstić information content (AvgIpc) is 3.67. The van der Waals surface area contributed by atoms with Crippen molar-refractivity contribution >= 4 is 39.1 Å². The fourth-order valence-electron chi connectivity index (χ4n) is 5.02. The number of carbonyl (C=O) groups excluding carboxylic acids is 1. The van der Waals surface area contributed by atoms with Crippen molar-refractivity contribution in [2.45, 2.75) is 25.7 Å². The predicted octanol–water partition coefficient (Wildman–Crippen LogP) is 1.69. The van der Waals surface area contributed by atoms with Gasteiger partial charge in [0, 0.05) is 38.4 Å². The average molecular weight is 547 g/mol. The second kappa shape index (κ2) is 10.9. The van der Waals surface area contributed by atoms with Crippen LogP contribution in [0.4, 0.5) is 23.1 Å². The van der Waals surface area contributed by atoms with E-state index in [9.17, 15) is 13.2 Å². The normalized spacial score (nSPS) is 18.8. The molecule has 2 aromatic rings. The highest BCUT2D eigenvalue weighted by molar-refractivity contribution is 7.92. The number of carbonyl (C=O) groups is 1. The molecule has 0 unspecified atom stereocenters. The maximum Gasteiger partial charge on any atom is 0.260 e.